The van der Waals surface area contributed by atoms with Crippen molar-refractivity contribution in [3.8, 4) is 0 Å². The molecule has 0 saturated carbocycles. The second-order valence-corrected chi connectivity index (χ2v) is 4.93. The topological polar surface area (TPSA) is 12.9 Å². The van der Waals surface area contributed by atoms with E-state index in [4.69, 9.17) is 11.6 Å². The number of thioether (sulfide) groups is 1. The van der Waals surface area contributed by atoms with Crippen molar-refractivity contribution in [2.75, 3.05) is 5.88 Å². The van der Waals surface area contributed by atoms with Gasteiger partial charge in [0.25, 0.3) is 0 Å². The summed E-state index contributed by atoms with van der Waals surface area (Å²) < 4.78 is 0. The zero-order valence-corrected chi connectivity index (χ0v) is 9.53. The van der Waals surface area contributed by atoms with Crippen molar-refractivity contribution in [3.05, 3.63) is 24.0 Å². The predicted octanol–water partition coefficient (Wildman–Crippen LogP) is 3.50. The summed E-state index contributed by atoms with van der Waals surface area (Å²) in [4.78, 5) is 5.44. The Bertz CT molecular complexity index is 265. The second kappa shape index (κ2) is 5.51. The first-order chi connectivity index (χ1) is 6.22. The van der Waals surface area contributed by atoms with E-state index in [1.165, 1.54) is 4.90 Å². The van der Waals surface area contributed by atoms with Gasteiger partial charge in [0.05, 0.1) is 0 Å². The van der Waals surface area contributed by atoms with Gasteiger partial charge in [-0.1, -0.05) is 6.92 Å². The third-order valence-corrected chi connectivity index (χ3v) is 3.10. The van der Waals surface area contributed by atoms with Crippen molar-refractivity contribution in [2.45, 2.75) is 30.4 Å². The molecule has 1 rings (SSSR count). The number of hydrogen-bond acceptors (Lipinski definition) is 2. The molecule has 13 heavy (non-hydrogen) atoms. The van der Waals surface area contributed by atoms with E-state index in [0.717, 1.165) is 18.0 Å². The lowest BCUT2D eigenvalue weighted by molar-refractivity contribution is 0.911. The summed E-state index contributed by atoms with van der Waals surface area (Å²) in [5.41, 5.74) is 1.07. The van der Waals surface area contributed by atoms with Gasteiger partial charge in [0.2, 0.25) is 0 Å². The van der Waals surface area contributed by atoms with Crippen molar-refractivity contribution in [2.24, 2.45) is 0 Å². The van der Waals surface area contributed by atoms with E-state index in [0.29, 0.717) is 5.25 Å². The molecule has 0 saturated heterocycles. The van der Waals surface area contributed by atoms with Crippen LogP contribution in [0.15, 0.2) is 23.2 Å². The van der Waals surface area contributed by atoms with E-state index in [1.54, 1.807) is 0 Å². The summed E-state index contributed by atoms with van der Waals surface area (Å²) in [6.07, 6.45) is 2.90. The molecule has 0 N–H and O–H groups in total. The van der Waals surface area contributed by atoms with E-state index in [1.807, 2.05) is 30.9 Å². The Balaban J connectivity index is 2.53. The molecular weight excluding hydrogens is 202 g/mol. The van der Waals surface area contributed by atoms with Gasteiger partial charge in [-0.3, -0.25) is 4.98 Å². The Kier molecular flexibility index (Phi) is 4.60. The zero-order valence-electron chi connectivity index (χ0n) is 7.96. The second-order valence-electron chi connectivity index (χ2n) is 3.04. The minimum absolute atomic E-state index is 0.583. The van der Waals surface area contributed by atoms with E-state index in [-0.39, 0.29) is 0 Å². The van der Waals surface area contributed by atoms with Crippen molar-refractivity contribution < 1.29 is 0 Å². The van der Waals surface area contributed by atoms with Crippen LogP contribution in [0.3, 0.4) is 0 Å². The Labute approximate surface area is 88.9 Å². The van der Waals surface area contributed by atoms with Gasteiger partial charge < -0.3 is 0 Å². The van der Waals surface area contributed by atoms with Crippen LogP contribution in [0.2, 0.25) is 0 Å². The molecule has 0 aliphatic carbocycles. The average Bonchev–Trinajstić information content (AvgIpc) is 2.04. The summed E-state index contributed by atoms with van der Waals surface area (Å²) in [5.74, 6) is 0.734. The molecule has 72 valence electrons. The van der Waals surface area contributed by atoms with Gasteiger partial charge in [0, 0.05) is 27.9 Å². The molecule has 0 radical (unpaired) electrons. The Morgan fingerprint density at radius 1 is 1.62 bits per heavy atom. The Hall–Kier alpha value is -0.210. The van der Waals surface area contributed by atoms with Crippen molar-refractivity contribution in [3.63, 3.8) is 0 Å². The third kappa shape index (κ3) is 4.01. The normalized spacial score (nSPS) is 12.8. The molecular formula is C10H14ClNS. The molecule has 1 unspecified atom stereocenters. The number of alkyl halides is 1. The molecule has 1 atom stereocenters. The lowest BCUT2D eigenvalue weighted by Gasteiger charge is -2.08. The minimum atomic E-state index is 0.583. The predicted molar refractivity (Wildman–Crippen MR) is 59.6 cm³/mol. The fourth-order valence-electron chi connectivity index (χ4n) is 1.04. The summed E-state index contributed by atoms with van der Waals surface area (Å²) in [6.45, 7) is 4.21. The molecule has 0 aliphatic rings. The van der Waals surface area contributed by atoms with Crippen LogP contribution < -0.4 is 0 Å². The van der Waals surface area contributed by atoms with Gasteiger partial charge in [-0.2, -0.15) is 0 Å². The van der Waals surface area contributed by atoms with Gasteiger partial charge in [-0.25, -0.2) is 0 Å². The van der Waals surface area contributed by atoms with E-state index in [9.17, 15) is 0 Å². The van der Waals surface area contributed by atoms with Gasteiger partial charge in [0.1, 0.15) is 0 Å². The summed E-state index contributed by atoms with van der Waals surface area (Å²) in [6, 6.07) is 4.15. The fourth-order valence-corrected chi connectivity index (χ4v) is 2.57. The van der Waals surface area contributed by atoms with E-state index < -0.39 is 0 Å². The highest BCUT2D eigenvalue weighted by Crippen LogP contribution is 2.25. The maximum absolute atomic E-state index is 5.67. The molecule has 0 spiro atoms. The lowest BCUT2D eigenvalue weighted by atomic mass is 10.4. The molecule has 0 aliphatic heterocycles. The molecule has 3 heteroatoms. The SMILES string of the molecule is Cc1cc(SC(C)CCCl)ccn1. The minimum Gasteiger partial charge on any atom is -0.262 e. The van der Waals surface area contributed by atoms with Gasteiger partial charge in [-0.15, -0.1) is 23.4 Å². The maximum Gasteiger partial charge on any atom is 0.0383 e. The summed E-state index contributed by atoms with van der Waals surface area (Å²) in [5, 5.41) is 0.583. The molecule has 0 fully saturated rings. The van der Waals surface area contributed by atoms with Gasteiger partial charge >= 0.3 is 0 Å². The third-order valence-electron chi connectivity index (χ3n) is 1.72. The van der Waals surface area contributed by atoms with Crippen LogP contribution in [0.5, 0.6) is 0 Å². The average molecular weight is 216 g/mol. The van der Waals surface area contributed by atoms with Crippen molar-refractivity contribution in [1.29, 1.82) is 0 Å². The lowest BCUT2D eigenvalue weighted by Crippen LogP contribution is -1.96. The molecule has 0 bridgehead atoms. The smallest absolute Gasteiger partial charge is 0.0383 e. The maximum atomic E-state index is 5.67. The number of aromatic nitrogens is 1. The van der Waals surface area contributed by atoms with Crippen LogP contribution in [0.1, 0.15) is 19.0 Å². The number of nitrogens with zero attached hydrogens (tertiary/aromatic N) is 1. The largest absolute Gasteiger partial charge is 0.262 e. The van der Waals surface area contributed by atoms with E-state index in [2.05, 4.69) is 18.0 Å². The standard InChI is InChI=1S/C10H14ClNS/c1-8-7-10(4-6-12-8)13-9(2)3-5-11/h4,6-7,9H,3,5H2,1-2H3. The number of hydrogen-bond donors (Lipinski definition) is 0. The monoisotopic (exact) mass is 215 g/mol. The molecule has 0 amide bonds. The first-order valence-corrected chi connectivity index (χ1v) is 5.79. The first kappa shape index (κ1) is 10.9. The highest BCUT2D eigenvalue weighted by atomic mass is 35.5. The Morgan fingerprint density at radius 2 is 2.38 bits per heavy atom. The highest BCUT2D eigenvalue weighted by molar-refractivity contribution is 7.99. The van der Waals surface area contributed by atoms with Gasteiger partial charge in [-0.05, 0) is 25.5 Å². The molecule has 0 aromatic carbocycles. The number of pyridine rings is 1. The van der Waals surface area contributed by atoms with Crippen molar-refractivity contribution in [1.82, 2.24) is 4.98 Å². The number of aryl methyl sites for hydroxylation is 1. The fraction of sp³-hybridized carbons (Fsp3) is 0.500. The summed E-state index contributed by atoms with van der Waals surface area (Å²) >= 11 is 7.53. The highest BCUT2D eigenvalue weighted by Gasteiger charge is 2.03. The van der Waals surface area contributed by atoms with Crippen molar-refractivity contribution >= 4 is 23.4 Å². The quantitative estimate of drug-likeness (QED) is 0.563. The molecule has 1 aromatic rings. The molecule has 1 aromatic heterocycles. The van der Waals surface area contributed by atoms with Crippen LogP contribution in [0.4, 0.5) is 0 Å². The first-order valence-electron chi connectivity index (χ1n) is 4.37. The van der Waals surface area contributed by atoms with Crippen LogP contribution >= 0.6 is 23.4 Å². The number of halogens is 1. The van der Waals surface area contributed by atoms with Crippen LogP contribution in [-0.4, -0.2) is 16.1 Å². The molecule has 1 heterocycles. The summed E-state index contributed by atoms with van der Waals surface area (Å²) in [7, 11) is 0. The molecule has 1 nitrogen and oxygen atoms in total. The zero-order chi connectivity index (χ0) is 9.68. The van der Waals surface area contributed by atoms with Crippen LogP contribution in [-0.2, 0) is 0 Å². The van der Waals surface area contributed by atoms with E-state index >= 15 is 0 Å². The number of rotatable bonds is 4. The van der Waals surface area contributed by atoms with Crippen LogP contribution in [0.25, 0.3) is 0 Å². The Morgan fingerprint density at radius 3 is 3.00 bits per heavy atom. The van der Waals surface area contributed by atoms with Gasteiger partial charge in [0.15, 0.2) is 0 Å². The van der Waals surface area contributed by atoms with Crippen LogP contribution in [0, 0.1) is 6.92 Å².